The zero-order valence-corrected chi connectivity index (χ0v) is 18.7. The molecule has 0 aromatic rings. The lowest BCUT2D eigenvalue weighted by Crippen LogP contribution is -2.60. The number of carbonyl (C=O) groups is 4. The van der Waals surface area contributed by atoms with Crippen LogP contribution in [0, 0.1) is 34.5 Å². The maximum atomic E-state index is 13.3. The maximum Gasteiger partial charge on any atom is 0.471 e. The average molecular weight is 471 g/mol. The fourth-order valence-corrected chi connectivity index (χ4v) is 4.61. The molecular formula is C21H28F3N5O4. The highest BCUT2D eigenvalue weighted by Crippen LogP contribution is 2.50. The van der Waals surface area contributed by atoms with Gasteiger partial charge in [0.05, 0.1) is 6.07 Å². The van der Waals surface area contributed by atoms with Crippen molar-refractivity contribution in [2.24, 2.45) is 23.2 Å². The molecule has 4 amide bonds. The van der Waals surface area contributed by atoms with E-state index in [-0.39, 0.29) is 30.7 Å². The first-order valence-electron chi connectivity index (χ1n) is 10.9. The van der Waals surface area contributed by atoms with Gasteiger partial charge in [-0.2, -0.15) is 18.4 Å². The number of nitrogens with one attached hydrogen (secondary N) is 3. The van der Waals surface area contributed by atoms with Gasteiger partial charge in [-0.05, 0) is 36.5 Å². The second kappa shape index (κ2) is 8.83. The smallest absolute Gasteiger partial charge is 0.356 e. The van der Waals surface area contributed by atoms with Crippen LogP contribution in [0.1, 0.15) is 40.0 Å². The number of nitrogens with zero attached hydrogens (tertiary/aromatic N) is 2. The molecule has 3 fully saturated rings. The van der Waals surface area contributed by atoms with E-state index in [2.05, 4.69) is 10.6 Å². The lowest BCUT2D eigenvalue weighted by Gasteiger charge is -2.36. The van der Waals surface area contributed by atoms with Crippen molar-refractivity contribution < 1.29 is 32.3 Å². The number of halogens is 3. The van der Waals surface area contributed by atoms with Crippen LogP contribution < -0.4 is 16.0 Å². The van der Waals surface area contributed by atoms with Crippen LogP contribution in [0.25, 0.3) is 0 Å². The Kier molecular flexibility index (Phi) is 6.64. The van der Waals surface area contributed by atoms with Crippen molar-refractivity contribution in [3.05, 3.63) is 0 Å². The molecule has 2 saturated heterocycles. The van der Waals surface area contributed by atoms with E-state index in [1.165, 1.54) is 25.7 Å². The van der Waals surface area contributed by atoms with Crippen molar-refractivity contribution in [1.29, 1.82) is 5.26 Å². The average Bonchev–Trinajstić information content (AvgIpc) is 3.17. The molecule has 182 valence electrons. The number of alkyl halides is 3. The third-order valence-corrected chi connectivity index (χ3v) is 6.50. The number of piperidine rings is 1. The Morgan fingerprint density at radius 3 is 2.42 bits per heavy atom. The fraction of sp³-hybridized carbons (Fsp3) is 0.762. The lowest BCUT2D eigenvalue weighted by atomic mass is 9.85. The van der Waals surface area contributed by atoms with E-state index in [1.807, 2.05) is 6.07 Å². The Bertz CT molecular complexity index is 879. The normalized spacial score (nSPS) is 28.3. The van der Waals surface area contributed by atoms with E-state index in [9.17, 15) is 37.6 Å². The van der Waals surface area contributed by atoms with Gasteiger partial charge in [0.25, 0.3) is 0 Å². The number of fused-ring (bicyclic) bond motifs is 1. The van der Waals surface area contributed by atoms with E-state index in [0.29, 0.717) is 19.4 Å². The number of hydrogen-bond acceptors (Lipinski definition) is 5. The molecule has 3 rings (SSSR count). The number of likely N-dealkylation sites (tertiary alicyclic amines) is 1. The minimum atomic E-state index is -5.15. The number of rotatable bonds is 6. The van der Waals surface area contributed by atoms with E-state index >= 15 is 0 Å². The molecule has 0 bridgehead atoms. The number of amides is 4. The predicted octanol–water partition coefficient (Wildman–Crippen LogP) is 0.461. The highest BCUT2D eigenvalue weighted by molar-refractivity contribution is 5.94. The largest absolute Gasteiger partial charge is 0.471 e. The number of nitriles is 1. The minimum absolute atomic E-state index is 0.0461. The molecule has 0 radical (unpaired) electrons. The van der Waals surface area contributed by atoms with Crippen molar-refractivity contribution in [3.8, 4) is 6.07 Å². The summed E-state index contributed by atoms with van der Waals surface area (Å²) in [4.78, 5) is 50.9. The molecule has 1 aliphatic carbocycles. The topological polar surface area (TPSA) is 131 Å². The zero-order valence-electron chi connectivity index (χ0n) is 18.7. The second-order valence-corrected chi connectivity index (χ2v) is 10.1. The summed E-state index contributed by atoms with van der Waals surface area (Å²) in [6, 6.07) is -1.41. The SMILES string of the molecule is CC(C)(C)[C@H](NC(=O)C(F)(F)F)C(=O)N1CC2CC2C1C(=O)N[C@H](C#N)C[C@@H]1CCNC1=O. The highest BCUT2D eigenvalue weighted by Gasteiger charge is 2.58. The van der Waals surface area contributed by atoms with Gasteiger partial charge in [-0.1, -0.05) is 20.8 Å². The van der Waals surface area contributed by atoms with Crippen molar-refractivity contribution in [1.82, 2.24) is 20.9 Å². The molecule has 3 N–H and O–H groups in total. The Hall–Kier alpha value is -2.84. The van der Waals surface area contributed by atoms with Gasteiger partial charge in [0.1, 0.15) is 18.1 Å². The summed E-state index contributed by atoms with van der Waals surface area (Å²) in [5.74, 6) is -4.25. The molecule has 3 aliphatic rings. The summed E-state index contributed by atoms with van der Waals surface area (Å²) in [6.45, 7) is 5.27. The standard InChI is InChI=1S/C21H28F3N5O4/c1-20(2,3)15(28-19(33)21(22,23)24)18(32)29-9-11-7-13(11)14(29)17(31)27-12(8-25)6-10-4-5-26-16(10)30/h10-15H,4-7,9H2,1-3H3,(H,26,30)(H,27,31)(H,28,33)/t10-,11?,12-,13?,14?,15+/m0/s1. The Morgan fingerprint density at radius 1 is 1.24 bits per heavy atom. The van der Waals surface area contributed by atoms with Crippen LogP contribution in [-0.2, 0) is 19.2 Å². The van der Waals surface area contributed by atoms with Gasteiger partial charge in [-0.25, -0.2) is 0 Å². The second-order valence-electron chi connectivity index (χ2n) is 10.1. The summed E-state index contributed by atoms with van der Waals surface area (Å²) < 4.78 is 38.5. The van der Waals surface area contributed by atoms with Crippen LogP contribution in [0.4, 0.5) is 13.2 Å². The number of carbonyl (C=O) groups excluding carboxylic acids is 4. The Morgan fingerprint density at radius 2 is 1.91 bits per heavy atom. The summed E-state index contributed by atoms with van der Waals surface area (Å²) in [5.41, 5.74) is -1.04. The molecule has 33 heavy (non-hydrogen) atoms. The molecule has 3 unspecified atom stereocenters. The lowest BCUT2D eigenvalue weighted by molar-refractivity contribution is -0.176. The van der Waals surface area contributed by atoms with Crippen LogP contribution in [-0.4, -0.2) is 65.9 Å². The molecule has 2 heterocycles. The summed E-state index contributed by atoms with van der Waals surface area (Å²) in [7, 11) is 0. The monoisotopic (exact) mass is 471 g/mol. The van der Waals surface area contributed by atoms with Crippen LogP contribution in [0.5, 0.6) is 0 Å². The van der Waals surface area contributed by atoms with Gasteiger partial charge in [-0.15, -0.1) is 0 Å². The molecule has 1 saturated carbocycles. The Balaban J connectivity index is 1.73. The third kappa shape index (κ3) is 5.39. The van der Waals surface area contributed by atoms with Gasteiger partial charge in [-0.3, -0.25) is 19.2 Å². The first kappa shape index (κ1) is 24.8. The van der Waals surface area contributed by atoms with Crippen molar-refractivity contribution in [2.45, 2.75) is 64.3 Å². The molecule has 12 heteroatoms. The molecular weight excluding hydrogens is 443 g/mol. The van der Waals surface area contributed by atoms with E-state index < -0.39 is 53.4 Å². The van der Waals surface area contributed by atoms with Gasteiger partial charge in [0.15, 0.2) is 0 Å². The molecule has 6 atom stereocenters. The van der Waals surface area contributed by atoms with Gasteiger partial charge < -0.3 is 20.9 Å². The summed E-state index contributed by atoms with van der Waals surface area (Å²) in [5, 5.41) is 16.5. The predicted molar refractivity (Wildman–Crippen MR) is 108 cm³/mol. The third-order valence-electron chi connectivity index (χ3n) is 6.50. The quantitative estimate of drug-likeness (QED) is 0.518. The molecule has 9 nitrogen and oxygen atoms in total. The van der Waals surface area contributed by atoms with Gasteiger partial charge >= 0.3 is 12.1 Å². The Labute approximate surface area is 189 Å². The van der Waals surface area contributed by atoms with Crippen LogP contribution in [0.2, 0.25) is 0 Å². The minimum Gasteiger partial charge on any atom is -0.356 e. The van der Waals surface area contributed by atoms with Crippen molar-refractivity contribution in [3.63, 3.8) is 0 Å². The first-order valence-corrected chi connectivity index (χ1v) is 10.9. The van der Waals surface area contributed by atoms with Crippen LogP contribution in [0.3, 0.4) is 0 Å². The molecule has 0 aromatic heterocycles. The molecule has 0 aromatic carbocycles. The van der Waals surface area contributed by atoms with Crippen LogP contribution in [0.15, 0.2) is 0 Å². The van der Waals surface area contributed by atoms with Crippen molar-refractivity contribution >= 4 is 23.6 Å². The summed E-state index contributed by atoms with van der Waals surface area (Å²) >= 11 is 0. The van der Waals surface area contributed by atoms with E-state index in [4.69, 9.17) is 0 Å². The van der Waals surface area contributed by atoms with Gasteiger partial charge in [0, 0.05) is 19.0 Å². The summed E-state index contributed by atoms with van der Waals surface area (Å²) in [6.07, 6.45) is -3.77. The van der Waals surface area contributed by atoms with Crippen molar-refractivity contribution in [2.75, 3.05) is 13.1 Å². The maximum absolute atomic E-state index is 13.3. The molecule has 0 spiro atoms. The van der Waals surface area contributed by atoms with E-state index in [1.54, 1.807) is 5.32 Å². The van der Waals surface area contributed by atoms with Crippen LogP contribution >= 0.6 is 0 Å². The van der Waals surface area contributed by atoms with E-state index in [0.717, 1.165) is 0 Å². The first-order chi connectivity index (χ1) is 15.2. The molecule has 2 aliphatic heterocycles. The zero-order chi connectivity index (χ0) is 24.7. The fourth-order valence-electron chi connectivity index (χ4n) is 4.61. The highest BCUT2D eigenvalue weighted by atomic mass is 19.4. The van der Waals surface area contributed by atoms with Gasteiger partial charge in [0.2, 0.25) is 17.7 Å². The number of hydrogen-bond donors (Lipinski definition) is 3.